The fraction of sp³-hybridized carbons (Fsp3) is 0.190. The normalized spacial score (nSPS) is 11.2. The van der Waals surface area contributed by atoms with E-state index in [0.29, 0.717) is 5.52 Å². The van der Waals surface area contributed by atoms with Crippen LogP contribution in [0.5, 0.6) is 5.75 Å². The molecule has 0 aliphatic rings. The molecule has 3 rings (SSSR count). The molecule has 0 atom stereocenters. The summed E-state index contributed by atoms with van der Waals surface area (Å²) in [5.74, 6) is 0.214. The third kappa shape index (κ3) is 3.25. The Bertz CT molecular complexity index is 849. The van der Waals surface area contributed by atoms with Crippen molar-refractivity contribution in [1.29, 1.82) is 0 Å². The van der Waals surface area contributed by atoms with Gasteiger partial charge in [0.05, 0.1) is 0 Å². The molecule has 1 N–H and O–H groups in total. The number of rotatable bonds is 5. The smallest absolute Gasteiger partial charge is 0.141 e. The van der Waals surface area contributed by atoms with Crippen molar-refractivity contribution in [3.05, 3.63) is 65.9 Å². The van der Waals surface area contributed by atoms with E-state index < -0.39 is 0 Å². The maximum Gasteiger partial charge on any atom is 0.141 e. The number of pyridine rings is 1. The van der Waals surface area contributed by atoms with Gasteiger partial charge in [0.2, 0.25) is 0 Å². The summed E-state index contributed by atoms with van der Waals surface area (Å²) in [6, 6.07) is 16.0. The lowest BCUT2D eigenvalue weighted by Crippen LogP contribution is -2.21. The summed E-state index contributed by atoms with van der Waals surface area (Å²) < 4.78 is 0. The van der Waals surface area contributed by atoms with Crippen LogP contribution < -0.4 is 4.90 Å². The van der Waals surface area contributed by atoms with Gasteiger partial charge < -0.3 is 10.0 Å². The number of anilines is 1. The Kier molecular flexibility index (Phi) is 4.80. The van der Waals surface area contributed by atoms with Crippen LogP contribution in [0.2, 0.25) is 0 Å². The Labute approximate surface area is 142 Å². The SMILES string of the molecule is CCN(CC)c1ccc(/C=C/c2ccc(O)c3ncccc23)cc1. The van der Waals surface area contributed by atoms with Gasteiger partial charge in [-0.05, 0) is 49.2 Å². The highest BCUT2D eigenvalue weighted by atomic mass is 16.3. The Morgan fingerprint density at radius 3 is 2.42 bits per heavy atom. The van der Waals surface area contributed by atoms with Crippen molar-refractivity contribution in [2.24, 2.45) is 0 Å². The van der Waals surface area contributed by atoms with Crippen molar-refractivity contribution in [3.63, 3.8) is 0 Å². The second-order valence-electron chi connectivity index (χ2n) is 5.67. The van der Waals surface area contributed by atoms with Crippen LogP contribution in [-0.4, -0.2) is 23.2 Å². The molecule has 1 heterocycles. The Morgan fingerprint density at radius 2 is 1.71 bits per heavy atom. The Hall–Kier alpha value is -2.81. The van der Waals surface area contributed by atoms with Gasteiger partial charge in [-0.1, -0.05) is 36.4 Å². The number of nitrogens with zero attached hydrogens (tertiary/aromatic N) is 2. The number of benzene rings is 2. The Morgan fingerprint density at radius 1 is 0.958 bits per heavy atom. The fourth-order valence-corrected chi connectivity index (χ4v) is 2.90. The van der Waals surface area contributed by atoms with E-state index in [1.54, 1.807) is 12.3 Å². The quantitative estimate of drug-likeness (QED) is 0.676. The average Bonchev–Trinajstić information content (AvgIpc) is 2.63. The highest BCUT2D eigenvalue weighted by molar-refractivity contribution is 5.93. The zero-order valence-electron chi connectivity index (χ0n) is 14.1. The van der Waals surface area contributed by atoms with Crippen LogP contribution in [-0.2, 0) is 0 Å². The van der Waals surface area contributed by atoms with Gasteiger partial charge in [-0.15, -0.1) is 0 Å². The summed E-state index contributed by atoms with van der Waals surface area (Å²) in [6.07, 6.45) is 5.85. The number of fused-ring (bicyclic) bond motifs is 1. The molecule has 3 heteroatoms. The minimum Gasteiger partial charge on any atom is -0.506 e. The van der Waals surface area contributed by atoms with E-state index in [-0.39, 0.29) is 5.75 Å². The van der Waals surface area contributed by atoms with Crippen LogP contribution in [0, 0.1) is 0 Å². The van der Waals surface area contributed by atoms with E-state index in [2.05, 4.69) is 60.1 Å². The van der Waals surface area contributed by atoms with Crippen LogP contribution in [0.4, 0.5) is 5.69 Å². The molecule has 0 fully saturated rings. The molecule has 0 saturated heterocycles. The summed E-state index contributed by atoms with van der Waals surface area (Å²) >= 11 is 0. The second-order valence-corrected chi connectivity index (χ2v) is 5.67. The van der Waals surface area contributed by atoms with E-state index >= 15 is 0 Å². The van der Waals surface area contributed by atoms with Gasteiger partial charge in [0.25, 0.3) is 0 Å². The van der Waals surface area contributed by atoms with Crippen LogP contribution in [0.3, 0.4) is 0 Å². The predicted molar refractivity (Wildman–Crippen MR) is 102 cm³/mol. The van der Waals surface area contributed by atoms with Crippen molar-refractivity contribution < 1.29 is 5.11 Å². The highest BCUT2D eigenvalue weighted by Crippen LogP contribution is 2.27. The lowest BCUT2D eigenvalue weighted by Gasteiger charge is -2.20. The minimum absolute atomic E-state index is 0.214. The number of hydrogen-bond donors (Lipinski definition) is 1. The van der Waals surface area contributed by atoms with E-state index in [0.717, 1.165) is 29.6 Å². The zero-order valence-corrected chi connectivity index (χ0v) is 14.1. The van der Waals surface area contributed by atoms with Gasteiger partial charge in [0, 0.05) is 30.4 Å². The van der Waals surface area contributed by atoms with Crippen molar-refractivity contribution in [2.75, 3.05) is 18.0 Å². The average molecular weight is 318 g/mol. The van der Waals surface area contributed by atoms with Crippen molar-refractivity contribution >= 4 is 28.7 Å². The molecule has 0 radical (unpaired) electrons. The number of aromatic hydroxyl groups is 1. The topological polar surface area (TPSA) is 36.4 Å². The van der Waals surface area contributed by atoms with Crippen LogP contribution in [0.1, 0.15) is 25.0 Å². The minimum atomic E-state index is 0.214. The number of hydrogen-bond acceptors (Lipinski definition) is 3. The van der Waals surface area contributed by atoms with Crippen molar-refractivity contribution in [3.8, 4) is 5.75 Å². The van der Waals surface area contributed by atoms with Gasteiger partial charge in [-0.3, -0.25) is 4.98 Å². The molecular weight excluding hydrogens is 296 g/mol. The van der Waals surface area contributed by atoms with Gasteiger partial charge in [-0.25, -0.2) is 0 Å². The summed E-state index contributed by atoms with van der Waals surface area (Å²) in [6.45, 7) is 6.36. The van der Waals surface area contributed by atoms with E-state index in [4.69, 9.17) is 0 Å². The first-order valence-corrected chi connectivity index (χ1v) is 8.32. The standard InChI is InChI=1S/C21H22N2O/c1-3-23(4-2)18-12-8-16(9-13-18)7-10-17-11-14-20(24)21-19(17)6-5-15-22-21/h5-15,24H,3-4H2,1-2H3/b10-7+. The molecule has 0 saturated carbocycles. The molecule has 0 amide bonds. The first-order valence-electron chi connectivity index (χ1n) is 8.32. The molecule has 0 unspecified atom stereocenters. The molecule has 0 spiro atoms. The third-order valence-electron chi connectivity index (χ3n) is 4.26. The lowest BCUT2D eigenvalue weighted by molar-refractivity contribution is 0.480. The van der Waals surface area contributed by atoms with E-state index in [1.807, 2.05) is 18.2 Å². The zero-order chi connectivity index (χ0) is 16.9. The second kappa shape index (κ2) is 7.18. The monoisotopic (exact) mass is 318 g/mol. The first kappa shape index (κ1) is 16.1. The summed E-state index contributed by atoms with van der Waals surface area (Å²) in [5, 5.41) is 10.9. The van der Waals surface area contributed by atoms with Crippen molar-refractivity contribution in [2.45, 2.75) is 13.8 Å². The molecule has 1 aromatic heterocycles. The first-order chi connectivity index (χ1) is 11.7. The maximum atomic E-state index is 9.92. The summed E-state index contributed by atoms with van der Waals surface area (Å²) in [7, 11) is 0. The Balaban J connectivity index is 1.88. The van der Waals surface area contributed by atoms with Crippen LogP contribution in [0.25, 0.3) is 23.1 Å². The molecule has 3 aromatic rings. The number of phenols is 1. The molecule has 0 aliphatic carbocycles. The van der Waals surface area contributed by atoms with Gasteiger partial charge >= 0.3 is 0 Å². The van der Waals surface area contributed by atoms with Gasteiger partial charge in [0.15, 0.2) is 0 Å². The lowest BCUT2D eigenvalue weighted by atomic mass is 10.1. The number of aromatic nitrogens is 1. The van der Waals surface area contributed by atoms with Crippen LogP contribution >= 0.6 is 0 Å². The molecule has 3 nitrogen and oxygen atoms in total. The van der Waals surface area contributed by atoms with Crippen molar-refractivity contribution in [1.82, 2.24) is 4.98 Å². The van der Waals surface area contributed by atoms with Gasteiger partial charge in [-0.2, -0.15) is 0 Å². The van der Waals surface area contributed by atoms with Crippen LogP contribution in [0.15, 0.2) is 54.7 Å². The fourth-order valence-electron chi connectivity index (χ4n) is 2.90. The predicted octanol–water partition coefficient (Wildman–Crippen LogP) is 4.96. The molecule has 2 aromatic carbocycles. The summed E-state index contributed by atoms with van der Waals surface area (Å²) in [5.41, 5.74) is 4.08. The maximum absolute atomic E-state index is 9.92. The highest BCUT2D eigenvalue weighted by Gasteiger charge is 2.04. The van der Waals surface area contributed by atoms with Gasteiger partial charge in [0.1, 0.15) is 11.3 Å². The third-order valence-corrected chi connectivity index (χ3v) is 4.26. The summed E-state index contributed by atoms with van der Waals surface area (Å²) in [4.78, 5) is 6.58. The molecule has 0 bridgehead atoms. The number of phenolic OH excluding ortho intramolecular Hbond substituents is 1. The molecule has 24 heavy (non-hydrogen) atoms. The molecular formula is C21H22N2O. The van der Waals surface area contributed by atoms with E-state index in [9.17, 15) is 5.11 Å². The largest absolute Gasteiger partial charge is 0.506 e. The van der Waals surface area contributed by atoms with E-state index in [1.165, 1.54) is 5.69 Å². The molecule has 122 valence electrons. The molecule has 0 aliphatic heterocycles.